The van der Waals surface area contributed by atoms with Crippen molar-refractivity contribution >= 4 is 87.8 Å². The van der Waals surface area contributed by atoms with Crippen molar-refractivity contribution in [3.8, 4) is 44.5 Å². The van der Waals surface area contributed by atoms with Gasteiger partial charge in [-0.1, -0.05) is 48.5 Å². The van der Waals surface area contributed by atoms with Gasteiger partial charge in [-0.3, -0.25) is 17.9 Å². The van der Waals surface area contributed by atoms with Crippen LogP contribution in [-0.4, -0.2) is 67.6 Å². The first kappa shape index (κ1) is 41.7. The van der Waals surface area contributed by atoms with Crippen molar-refractivity contribution in [3.63, 3.8) is 0 Å². The van der Waals surface area contributed by atoms with E-state index in [1.54, 1.807) is 60.7 Å². The molecule has 15 nitrogen and oxygen atoms in total. The number of benzene rings is 4. The quantitative estimate of drug-likeness (QED) is 0.0710. The van der Waals surface area contributed by atoms with E-state index < -0.39 is 41.4 Å². The van der Waals surface area contributed by atoms with Gasteiger partial charge in [-0.25, -0.2) is 9.97 Å². The lowest BCUT2D eigenvalue weighted by Gasteiger charge is -2.09. The predicted molar refractivity (Wildman–Crippen MR) is 237 cm³/mol. The topological polar surface area (TPSA) is 261 Å². The summed E-state index contributed by atoms with van der Waals surface area (Å²) >= 11 is -2.49. The summed E-state index contributed by atoms with van der Waals surface area (Å²) in [7, 11) is -13.6. The van der Waals surface area contributed by atoms with Crippen molar-refractivity contribution in [2.45, 2.75) is 19.6 Å². The normalized spacial score (nSPS) is 13.3. The highest BCUT2D eigenvalue weighted by molar-refractivity contribution is 7.86. The number of H-pyrrole nitrogens is 2. The van der Waals surface area contributed by atoms with E-state index in [1.807, 2.05) is 0 Å². The third-order valence-electron chi connectivity index (χ3n) is 10.4. The Kier molecular flexibility index (Phi) is 10.3. The molecule has 2 aliphatic heterocycles. The van der Waals surface area contributed by atoms with Gasteiger partial charge in [0.2, 0.25) is 0 Å². The van der Waals surface area contributed by atoms with Gasteiger partial charge in [0.1, 0.15) is 0 Å². The molecule has 5 N–H and O–H groups in total. The fourth-order valence-corrected chi connectivity index (χ4v) is 9.33. The predicted octanol–water partition coefficient (Wildman–Crippen LogP) is 8.30. The molecule has 19 heteroatoms. The smallest absolute Gasteiger partial charge is 0.294 e. The standard InChI is InChI=1S/C44H30N4O11S4/c49-60(50)29-9-1-25(2-10-29)41-33-17-19-35(45-33)42(26-3-11-30(12-4-26)61(51,52)53)37-21-23-39(47-37)44(28-7-15-32(16-8-28)63(57,58)59)40-24-22-38(48-40)43(36-20-18-34(41)46-36)27-5-13-31(14-6-27)62(54,55)56/h1-24,45,48H,(H,49,50)(H,51,52,53)(H,54,55,56)(H,57,58,59)/p-1. The second kappa shape index (κ2) is 15.6. The zero-order valence-corrected chi connectivity index (χ0v) is 35.3. The molecule has 1 atom stereocenters. The first-order chi connectivity index (χ1) is 29.9. The van der Waals surface area contributed by atoms with Crippen molar-refractivity contribution in [2.75, 3.05) is 0 Å². The van der Waals surface area contributed by atoms with Crippen molar-refractivity contribution in [1.29, 1.82) is 0 Å². The number of nitrogens with one attached hydrogen (secondary N) is 2. The van der Waals surface area contributed by atoms with Gasteiger partial charge in [0.15, 0.2) is 0 Å². The zero-order valence-electron chi connectivity index (χ0n) is 32.0. The van der Waals surface area contributed by atoms with Gasteiger partial charge < -0.3 is 14.5 Å². The number of aromatic nitrogens is 4. The van der Waals surface area contributed by atoms with Gasteiger partial charge in [0, 0.05) is 49.2 Å². The van der Waals surface area contributed by atoms with Gasteiger partial charge in [-0.2, -0.15) is 25.3 Å². The van der Waals surface area contributed by atoms with E-state index in [4.69, 9.17) is 9.97 Å². The van der Waals surface area contributed by atoms with Crippen LogP contribution in [0.2, 0.25) is 0 Å². The van der Waals surface area contributed by atoms with E-state index in [0.717, 1.165) is 0 Å². The molecule has 0 aliphatic carbocycles. The lowest BCUT2D eigenvalue weighted by molar-refractivity contribution is 0.481. The van der Waals surface area contributed by atoms with Gasteiger partial charge in [-0.05, 0) is 130 Å². The van der Waals surface area contributed by atoms with Crippen LogP contribution in [0.5, 0.6) is 0 Å². The van der Waals surface area contributed by atoms with Crippen molar-refractivity contribution < 1.29 is 47.7 Å². The highest BCUT2D eigenvalue weighted by Gasteiger charge is 2.21. The fraction of sp³-hybridized carbons (Fsp3) is 0. The van der Waals surface area contributed by atoms with Crippen LogP contribution in [0.15, 0.2) is 141 Å². The van der Waals surface area contributed by atoms with Crippen LogP contribution >= 0.6 is 0 Å². The molecule has 3 aromatic heterocycles. The molecule has 9 rings (SSSR count). The van der Waals surface area contributed by atoms with Crippen molar-refractivity contribution in [2.24, 2.45) is 0 Å². The highest BCUT2D eigenvalue weighted by atomic mass is 32.2. The SMILES string of the molecule is O=S([O-])c1ccc(-c2c3nc(c(-c4ccc(S(=O)(=O)O)cc4)c4ccc([nH]4)c(-c4ccc(S(=O)(=O)O)cc4)c4nc(c(-c5ccc(S(=O)(=O)O)cc5)c5ccc2[nH]5)C=C4)C=C3)cc1. The van der Waals surface area contributed by atoms with Crippen LogP contribution in [-0.2, 0) is 41.4 Å². The Morgan fingerprint density at radius 1 is 0.397 bits per heavy atom. The minimum atomic E-state index is -4.53. The second-order valence-electron chi connectivity index (χ2n) is 14.3. The molecule has 0 fully saturated rings. The van der Waals surface area contributed by atoms with Crippen LogP contribution in [0.3, 0.4) is 0 Å². The molecule has 0 amide bonds. The van der Waals surface area contributed by atoms with Crippen LogP contribution < -0.4 is 0 Å². The summed E-state index contributed by atoms with van der Waals surface area (Å²) in [6.45, 7) is 0. The van der Waals surface area contributed by atoms with Gasteiger partial charge in [0.05, 0.1) is 37.5 Å². The molecule has 0 saturated heterocycles. The van der Waals surface area contributed by atoms with Crippen molar-refractivity contribution in [1.82, 2.24) is 19.9 Å². The molecule has 316 valence electrons. The monoisotopic (exact) mass is 917 g/mol. The molecule has 63 heavy (non-hydrogen) atoms. The first-order valence-corrected chi connectivity index (χ1v) is 23.9. The highest BCUT2D eigenvalue weighted by Crippen LogP contribution is 2.39. The lowest BCUT2D eigenvalue weighted by atomic mass is 10.0. The summed E-state index contributed by atoms with van der Waals surface area (Å²) < 4.78 is 125. The minimum Gasteiger partial charge on any atom is -0.768 e. The van der Waals surface area contributed by atoms with Crippen LogP contribution in [0.25, 0.3) is 90.9 Å². The van der Waals surface area contributed by atoms with Gasteiger partial charge >= 0.3 is 0 Å². The molecular weight excluding hydrogens is 889 g/mol. The molecule has 7 aromatic rings. The summed E-state index contributed by atoms with van der Waals surface area (Å²) in [4.78, 5) is 16.2. The summed E-state index contributed by atoms with van der Waals surface area (Å²) in [5, 5.41) is 0. The van der Waals surface area contributed by atoms with E-state index in [0.29, 0.717) is 89.4 Å². The number of rotatable bonds is 8. The number of aromatic amines is 2. The van der Waals surface area contributed by atoms with E-state index in [-0.39, 0.29) is 19.6 Å². The Morgan fingerprint density at radius 3 is 0.857 bits per heavy atom. The summed E-state index contributed by atoms with van der Waals surface area (Å²) in [5.41, 5.74) is 8.05. The zero-order chi connectivity index (χ0) is 44.4. The molecule has 4 aromatic carbocycles. The van der Waals surface area contributed by atoms with E-state index in [2.05, 4.69) is 9.97 Å². The molecule has 1 unspecified atom stereocenters. The molecule has 0 spiro atoms. The third-order valence-corrected chi connectivity index (χ3v) is 13.7. The summed E-state index contributed by atoms with van der Waals surface area (Å²) in [6, 6.07) is 30.1. The first-order valence-electron chi connectivity index (χ1n) is 18.5. The summed E-state index contributed by atoms with van der Waals surface area (Å²) in [5.74, 6) is 0. The maximum Gasteiger partial charge on any atom is 0.294 e. The Balaban J connectivity index is 1.43. The van der Waals surface area contributed by atoms with Gasteiger partial charge in [-0.15, -0.1) is 0 Å². The Hall–Kier alpha value is -6.68. The Bertz CT molecular complexity index is 3570. The maximum atomic E-state index is 12.0. The number of nitrogens with zero attached hydrogens (tertiary/aromatic N) is 2. The molecule has 5 heterocycles. The number of hydrogen-bond acceptors (Lipinski definition) is 10. The molecule has 2 aliphatic rings. The van der Waals surface area contributed by atoms with E-state index >= 15 is 0 Å². The molecule has 0 radical (unpaired) electrons. The third kappa shape index (κ3) is 8.10. The van der Waals surface area contributed by atoms with Crippen LogP contribution in [0, 0.1) is 0 Å². The van der Waals surface area contributed by atoms with Crippen LogP contribution in [0.1, 0.15) is 22.8 Å². The lowest BCUT2D eigenvalue weighted by Crippen LogP contribution is -1.97. The number of hydrogen-bond donors (Lipinski definition) is 5. The number of fused-ring (bicyclic) bond motifs is 8. The average Bonchev–Trinajstić information content (AvgIpc) is 4.09. The Morgan fingerprint density at radius 2 is 0.635 bits per heavy atom. The largest absolute Gasteiger partial charge is 0.768 e. The van der Waals surface area contributed by atoms with Gasteiger partial charge in [0.25, 0.3) is 30.4 Å². The second-order valence-corrected chi connectivity index (χ2v) is 19.5. The Labute approximate surface area is 361 Å². The van der Waals surface area contributed by atoms with Crippen molar-refractivity contribution in [3.05, 3.63) is 144 Å². The fourth-order valence-electron chi connectivity index (χ4n) is 7.53. The summed E-state index contributed by atoms with van der Waals surface area (Å²) in [6.07, 6.45) is 7.04. The molecule has 0 saturated carbocycles. The van der Waals surface area contributed by atoms with E-state index in [1.165, 1.54) is 84.9 Å². The molecular formula is C44H29N4O11S4-. The maximum absolute atomic E-state index is 12.0. The molecule has 8 bridgehead atoms. The van der Waals surface area contributed by atoms with E-state index in [9.17, 15) is 47.7 Å². The average molecular weight is 918 g/mol. The van der Waals surface area contributed by atoms with Crippen LogP contribution in [0.4, 0.5) is 0 Å². The minimum absolute atomic E-state index is 0.0648.